The first-order valence-corrected chi connectivity index (χ1v) is 9.19. The Kier molecular flexibility index (Phi) is 6.49. The first kappa shape index (κ1) is 19.0. The molecule has 2 heterocycles. The first-order chi connectivity index (χ1) is 11.3. The van der Waals surface area contributed by atoms with Crippen LogP contribution in [-0.2, 0) is 14.3 Å². The van der Waals surface area contributed by atoms with E-state index in [-0.39, 0.29) is 18.1 Å². The zero-order valence-electron chi connectivity index (χ0n) is 15.5. The number of carbonyl (C=O) groups is 2. The zero-order chi connectivity index (χ0) is 17.7. The van der Waals surface area contributed by atoms with E-state index in [1.54, 1.807) is 0 Å². The molecule has 0 radical (unpaired) electrons. The van der Waals surface area contributed by atoms with Gasteiger partial charge in [0.1, 0.15) is 5.60 Å². The minimum atomic E-state index is -0.505. The molecule has 2 aliphatic rings. The van der Waals surface area contributed by atoms with Gasteiger partial charge in [0.15, 0.2) is 0 Å². The third-order valence-corrected chi connectivity index (χ3v) is 4.66. The molecule has 0 aromatic heterocycles. The zero-order valence-corrected chi connectivity index (χ0v) is 15.5. The summed E-state index contributed by atoms with van der Waals surface area (Å²) in [5.74, 6) is -0.189. The minimum Gasteiger partial charge on any atom is -0.466 e. The summed E-state index contributed by atoms with van der Waals surface area (Å²) in [5, 5.41) is 0. The number of ether oxygens (including phenoxy) is 2. The molecule has 0 aromatic carbocycles. The molecule has 2 atom stereocenters. The maximum absolute atomic E-state index is 12.6. The van der Waals surface area contributed by atoms with Gasteiger partial charge >= 0.3 is 12.1 Å². The average molecular weight is 340 g/mol. The van der Waals surface area contributed by atoms with Crippen molar-refractivity contribution in [2.24, 2.45) is 0 Å². The molecule has 0 unspecified atom stereocenters. The van der Waals surface area contributed by atoms with Crippen molar-refractivity contribution >= 4 is 12.1 Å². The lowest BCUT2D eigenvalue weighted by Crippen LogP contribution is -2.41. The Morgan fingerprint density at radius 3 is 2.42 bits per heavy atom. The molecule has 0 N–H and O–H groups in total. The number of rotatable bonds is 5. The van der Waals surface area contributed by atoms with Crippen molar-refractivity contribution in [1.82, 2.24) is 9.80 Å². The summed E-state index contributed by atoms with van der Waals surface area (Å²) in [7, 11) is 0. The molecule has 0 aliphatic carbocycles. The van der Waals surface area contributed by atoms with Crippen LogP contribution in [0.4, 0.5) is 4.79 Å². The van der Waals surface area contributed by atoms with Gasteiger partial charge in [-0.25, -0.2) is 4.79 Å². The lowest BCUT2D eigenvalue weighted by atomic mass is 10.1. The van der Waals surface area contributed by atoms with E-state index in [1.807, 2.05) is 32.6 Å². The summed E-state index contributed by atoms with van der Waals surface area (Å²) in [6.45, 7) is 10.8. The van der Waals surface area contributed by atoms with E-state index < -0.39 is 5.60 Å². The quantitative estimate of drug-likeness (QED) is 0.720. The molecular weight excluding hydrogens is 308 g/mol. The Morgan fingerprint density at radius 1 is 1.17 bits per heavy atom. The van der Waals surface area contributed by atoms with E-state index in [9.17, 15) is 9.59 Å². The van der Waals surface area contributed by atoms with Gasteiger partial charge in [-0.3, -0.25) is 9.69 Å². The van der Waals surface area contributed by atoms with Crippen LogP contribution in [0.25, 0.3) is 0 Å². The molecule has 2 fully saturated rings. The van der Waals surface area contributed by atoms with E-state index >= 15 is 0 Å². The van der Waals surface area contributed by atoms with E-state index in [2.05, 4.69) is 4.90 Å². The van der Waals surface area contributed by atoms with E-state index in [1.165, 1.54) is 12.8 Å². The number of likely N-dealkylation sites (tertiary alicyclic amines) is 2. The van der Waals surface area contributed by atoms with E-state index in [0.717, 1.165) is 19.5 Å². The van der Waals surface area contributed by atoms with E-state index in [0.29, 0.717) is 32.0 Å². The van der Waals surface area contributed by atoms with Crippen LogP contribution in [0.5, 0.6) is 0 Å². The van der Waals surface area contributed by atoms with Gasteiger partial charge in [0.05, 0.1) is 6.61 Å². The first-order valence-electron chi connectivity index (χ1n) is 9.19. The molecule has 2 rings (SSSR count). The summed E-state index contributed by atoms with van der Waals surface area (Å²) in [6.07, 6.45) is 4.11. The van der Waals surface area contributed by atoms with Crippen LogP contribution in [-0.4, -0.2) is 65.8 Å². The number of hydrogen-bond acceptors (Lipinski definition) is 5. The smallest absolute Gasteiger partial charge is 0.410 e. The van der Waals surface area contributed by atoms with Gasteiger partial charge in [-0.15, -0.1) is 0 Å². The third-order valence-electron chi connectivity index (χ3n) is 4.66. The summed E-state index contributed by atoms with van der Waals surface area (Å²) in [5.41, 5.74) is -0.505. The summed E-state index contributed by atoms with van der Waals surface area (Å²) < 4.78 is 10.6. The van der Waals surface area contributed by atoms with Gasteiger partial charge < -0.3 is 14.4 Å². The Morgan fingerprint density at radius 2 is 1.83 bits per heavy atom. The minimum absolute atomic E-state index is 0.0508. The van der Waals surface area contributed by atoms with Gasteiger partial charge in [-0.2, -0.15) is 0 Å². The molecule has 0 saturated carbocycles. The molecule has 0 bridgehead atoms. The summed E-state index contributed by atoms with van der Waals surface area (Å²) in [4.78, 5) is 28.5. The Hall–Kier alpha value is -1.30. The molecule has 0 aromatic rings. The second kappa shape index (κ2) is 8.19. The molecular formula is C18H32N2O4. The van der Waals surface area contributed by atoms with Gasteiger partial charge in [-0.1, -0.05) is 0 Å². The van der Waals surface area contributed by atoms with Crippen LogP contribution in [0.3, 0.4) is 0 Å². The fraction of sp³-hybridized carbons (Fsp3) is 0.889. The van der Waals surface area contributed by atoms with Crippen LogP contribution < -0.4 is 0 Å². The van der Waals surface area contributed by atoms with Crippen LogP contribution in [0, 0.1) is 0 Å². The van der Waals surface area contributed by atoms with Gasteiger partial charge in [-0.05, 0) is 66.5 Å². The Labute approximate surface area is 145 Å². The largest absolute Gasteiger partial charge is 0.466 e. The Balaban J connectivity index is 1.98. The molecule has 6 heteroatoms. The number of nitrogens with zero attached hydrogens (tertiary/aromatic N) is 2. The van der Waals surface area contributed by atoms with E-state index in [4.69, 9.17) is 9.47 Å². The van der Waals surface area contributed by atoms with Gasteiger partial charge in [0, 0.05) is 25.0 Å². The van der Waals surface area contributed by atoms with Gasteiger partial charge in [0.25, 0.3) is 0 Å². The second-order valence-electron chi connectivity index (χ2n) is 7.76. The number of carbonyl (C=O) groups excluding carboxylic acids is 2. The number of esters is 1. The predicted molar refractivity (Wildman–Crippen MR) is 91.8 cm³/mol. The maximum atomic E-state index is 12.6. The molecule has 6 nitrogen and oxygen atoms in total. The Bertz CT molecular complexity index is 441. The highest BCUT2D eigenvalue weighted by molar-refractivity contribution is 5.71. The van der Waals surface area contributed by atoms with Crippen LogP contribution >= 0.6 is 0 Å². The van der Waals surface area contributed by atoms with Crippen molar-refractivity contribution in [3.63, 3.8) is 0 Å². The average Bonchev–Trinajstić information content (AvgIpc) is 3.12. The molecule has 138 valence electrons. The SMILES string of the molecule is CCOC(=O)CC[C@@H]1C[C@@H](N2CCCC2)CN1C(=O)OC(C)(C)C. The van der Waals surface area contributed by atoms with Gasteiger partial charge in [0.2, 0.25) is 0 Å². The van der Waals surface area contributed by atoms with Crippen LogP contribution in [0.1, 0.15) is 59.8 Å². The lowest BCUT2D eigenvalue weighted by Gasteiger charge is -2.28. The van der Waals surface area contributed by atoms with Crippen molar-refractivity contribution in [2.45, 2.75) is 77.5 Å². The number of hydrogen-bond donors (Lipinski definition) is 0. The summed E-state index contributed by atoms with van der Waals surface area (Å²) >= 11 is 0. The highest BCUT2D eigenvalue weighted by atomic mass is 16.6. The topological polar surface area (TPSA) is 59.1 Å². The van der Waals surface area contributed by atoms with Crippen molar-refractivity contribution < 1.29 is 19.1 Å². The lowest BCUT2D eigenvalue weighted by molar-refractivity contribution is -0.143. The summed E-state index contributed by atoms with van der Waals surface area (Å²) in [6, 6.07) is 0.432. The monoisotopic (exact) mass is 340 g/mol. The molecule has 2 aliphatic heterocycles. The fourth-order valence-corrected chi connectivity index (χ4v) is 3.60. The maximum Gasteiger partial charge on any atom is 0.410 e. The molecule has 0 spiro atoms. The third kappa shape index (κ3) is 5.36. The highest BCUT2D eigenvalue weighted by Gasteiger charge is 2.40. The number of amides is 1. The molecule has 1 amide bonds. The van der Waals surface area contributed by atoms with Crippen LogP contribution in [0.15, 0.2) is 0 Å². The highest BCUT2D eigenvalue weighted by Crippen LogP contribution is 2.29. The fourth-order valence-electron chi connectivity index (χ4n) is 3.60. The van der Waals surface area contributed by atoms with Crippen molar-refractivity contribution in [3.05, 3.63) is 0 Å². The second-order valence-corrected chi connectivity index (χ2v) is 7.76. The normalized spacial score (nSPS) is 25.1. The predicted octanol–water partition coefficient (Wildman–Crippen LogP) is 2.80. The van der Waals surface area contributed by atoms with Crippen molar-refractivity contribution in [2.75, 3.05) is 26.2 Å². The standard InChI is InChI=1S/C18H32N2O4/c1-5-23-16(21)9-8-14-12-15(19-10-6-7-11-19)13-20(14)17(22)24-18(2,3)4/h14-15H,5-13H2,1-4H3/t14-,15-/m1/s1. The van der Waals surface area contributed by atoms with Crippen LogP contribution in [0.2, 0.25) is 0 Å². The molecule has 2 saturated heterocycles. The van der Waals surface area contributed by atoms with Crippen molar-refractivity contribution in [3.8, 4) is 0 Å². The van der Waals surface area contributed by atoms with Crippen molar-refractivity contribution in [1.29, 1.82) is 0 Å². The molecule has 24 heavy (non-hydrogen) atoms.